The summed E-state index contributed by atoms with van der Waals surface area (Å²) in [5.41, 5.74) is -0.164. The number of alkyl halides is 3. The summed E-state index contributed by atoms with van der Waals surface area (Å²) in [7, 11) is 0. The minimum atomic E-state index is -4.61. The number of hydrogen-bond donors (Lipinski definition) is 1. The van der Waals surface area contributed by atoms with Gasteiger partial charge in [0.25, 0.3) is 5.91 Å². The molecule has 6 nitrogen and oxygen atoms in total. The summed E-state index contributed by atoms with van der Waals surface area (Å²) in [5.74, 6) is -1.07. The maximum atomic E-state index is 13.1. The minimum absolute atomic E-state index is 0.0766. The first-order valence-electron chi connectivity index (χ1n) is 10.3. The molecule has 1 heterocycles. The van der Waals surface area contributed by atoms with E-state index in [9.17, 15) is 27.6 Å². The van der Waals surface area contributed by atoms with E-state index < -0.39 is 30.1 Å². The van der Waals surface area contributed by atoms with Crippen molar-refractivity contribution in [3.05, 3.63) is 65.2 Å². The molecule has 0 saturated carbocycles. The van der Waals surface area contributed by atoms with E-state index in [2.05, 4.69) is 5.32 Å². The van der Waals surface area contributed by atoms with Gasteiger partial charge in [0.1, 0.15) is 6.54 Å². The number of nitrogens with zero attached hydrogens (tertiary/aromatic N) is 2. The number of hydrogen-bond acceptors (Lipinski definition) is 3. The van der Waals surface area contributed by atoms with Crippen LogP contribution in [-0.4, -0.2) is 47.2 Å². The quantitative estimate of drug-likeness (QED) is 0.699. The lowest BCUT2D eigenvalue weighted by atomic mass is 10.1. The van der Waals surface area contributed by atoms with Crippen LogP contribution in [0, 0.1) is 0 Å². The van der Waals surface area contributed by atoms with Gasteiger partial charge in [0.05, 0.1) is 11.3 Å². The van der Waals surface area contributed by atoms with Gasteiger partial charge in [-0.1, -0.05) is 24.3 Å². The average molecular weight is 447 g/mol. The van der Waals surface area contributed by atoms with Crippen molar-refractivity contribution in [2.75, 3.05) is 25.0 Å². The monoisotopic (exact) mass is 447 g/mol. The molecule has 3 amide bonds. The molecule has 0 radical (unpaired) electrons. The number of likely N-dealkylation sites (tertiary alicyclic amines) is 1. The van der Waals surface area contributed by atoms with E-state index in [0.717, 1.165) is 18.1 Å². The Morgan fingerprint density at radius 2 is 1.88 bits per heavy atom. The van der Waals surface area contributed by atoms with Crippen molar-refractivity contribution in [2.24, 2.45) is 0 Å². The van der Waals surface area contributed by atoms with Crippen molar-refractivity contribution in [2.45, 2.75) is 32.5 Å². The van der Waals surface area contributed by atoms with Crippen LogP contribution in [0.15, 0.2) is 48.5 Å². The topological polar surface area (TPSA) is 69.7 Å². The molecule has 32 heavy (non-hydrogen) atoms. The normalized spacial score (nSPS) is 13.9. The number of rotatable bonds is 7. The number of anilines is 1. The van der Waals surface area contributed by atoms with Gasteiger partial charge in [-0.05, 0) is 43.2 Å². The predicted molar refractivity (Wildman–Crippen MR) is 113 cm³/mol. The maximum Gasteiger partial charge on any atom is 0.418 e. The lowest BCUT2D eigenvalue weighted by Crippen LogP contribution is -2.38. The number of nitrogens with one attached hydrogen (secondary N) is 1. The fourth-order valence-electron chi connectivity index (χ4n) is 3.61. The fraction of sp³-hybridized carbons (Fsp3) is 0.348. The van der Waals surface area contributed by atoms with Crippen LogP contribution in [0.3, 0.4) is 0 Å². The van der Waals surface area contributed by atoms with E-state index in [1.165, 1.54) is 23.1 Å². The Balaban J connectivity index is 1.68. The second-order valence-electron chi connectivity index (χ2n) is 7.53. The highest BCUT2D eigenvalue weighted by Crippen LogP contribution is 2.34. The molecule has 0 aliphatic carbocycles. The van der Waals surface area contributed by atoms with Gasteiger partial charge in [0, 0.05) is 31.6 Å². The smallest absolute Gasteiger partial charge is 0.338 e. The van der Waals surface area contributed by atoms with Gasteiger partial charge < -0.3 is 15.1 Å². The molecular formula is C23H24F3N3O3. The maximum absolute atomic E-state index is 13.1. The third-order valence-electron chi connectivity index (χ3n) is 5.23. The number of carbonyl (C=O) groups excluding carboxylic acids is 3. The zero-order valence-corrected chi connectivity index (χ0v) is 17.6. The molecule has 1 fully saturated rings. The standard InChI is InChI=1S/C23H24F3N3O3/c1-2-28(15-20(30)27-19-10-4-3-9-18(19)23(24,25)26)22(32)17-8-5-7-16(13-17)14-29-12-6-11-21(29)31/h3-5,7-10,13H,2,6,11-12,14-15H2,1H3,(H,27,30). The molecule has 0 atom stereocenters. The second-order valence-corrected chi connectivity index (χ2v) is 7.53. The average Bonchev–Trinajstić information content (AvgIpc) is 3.15. The molecule has 1 aliphatic heterocycles. The Kier molecular flexibility index (Phi) is 7.17. The van der Waals surface area contributed by atoms with Crippen LogP contribution < -0.4 is 5.32 Å². The van der Waals surface area contributed by atoms with E-state index >= 15 is 0 Å². The zero-order valence-electron chi connectivity index (χ0n) is 17.6. The number of benzene rings is 2. The Morgan fingerprint density at radius 1 is 1.12 bits per heavy atom. The third kappa shape index (κ3) is 5.66. The van der Waals surface area contributed by atoms with Crippen LogP contribution in [0.25, 0.3) is 0 Å². The van der Waals surface area contributed by atoms with Crippen LogP contribution in [-0.2, 0) is 22.3 Å². The first-order valence-corrected chi connectivity index (χ1v) is 10.3. The van der Waals surface area contributed by atoms with Crippen molar-refractivity contribution in [1.82, 2.24) is 9.80 Å². The van der Waals surface area contributed by atoms with Crippen LogP contribution in [0.2, 0.25) is 0 Å². The highest BCUT2D eigenvalue weighted by Gasteiger charge is 2.33. The van der Waals surface area contributed by atoms with Gasteiger partial charge in [-0.2, -0.15) is 13.2 Å². The Bertz CT molecular complexity index is 1010. The van der Waals surface area contributed by atoms with Crippen molar-refractivity contribution in [3.8, 4) is 0 Å². The lowest BCUT2D eigenvalue weighted by molar-refractivity contribution is -0.137. The third-order valence-corrected chi connectivity index (χ3v) is 5.23. The molecule has 1 saturated heterocycles. The number of carbonyl (C=O) groups is 3. The minimum Gasteiger partial charge on any atom is -0.338 e. The van der Waals surface area contributed by atoms with Gasteiger partial charge in [0.2, 0.25) is 11.8 Å². The SMILES string of the molecule is CCN(CC(=O)Nc1ccccc1C(F)(F)F)C(=O)c1cccc(CN2CCCC2=O)c1. The molecule has 1 N–H and O–H groups in total. The van der Waals surface area contributed by atoms with Crippen LogP contribution in [0.1, 0.15) is 41.3 Å². The molecule has 9 heteroatoms. The molecule has 170 valence electrons. The summed E-state index contributed by atoms with van der Waals surface area (Å²) in [6, 6.07) is 11.5. The first-order chi connectivity index (χ1) is 15.2. The molecule has 0 unspecified atom stereocenters. The largest absolute Gasteiger partial charge is 0.418 e. The van der Waals surface area contributed by atoms with Crippen molar-refractivity contribution in [3.63, 3.8) is 0 Å². The zero-order chi connectivity index (χ0) is 23.3. The van der Waals surface area contributed by atoms with Gasteiger partial charge in [-0.25, -0.2) is 0 Å². The lowest BCUT2D eigenvalue weighted by Gasteiger charge is -2.22. The van der Waals surface area contributed by atoms with Gasteiger partial charge in [-0.15, -0.1) is 0 Å². The predicted octanol–water partition coefficient (Wildman–Crippen LogP) is 3.93. The summed E-state index contributed by atoms with van der Waals surface area (Å²) >= 11 is 0. The Labute approximate surface area is 184 Å². The van der Waals surface area contributed by atoms with E-state index in [4.69, 9.17) is 0 Å². The van der Waals surface area contributed by atoms with Gasteiger partial charge in [-0.3, -0.25) is 14.4 Å². The van der Waals surface area contributed by atoms with Crippen molar-refractivity contribution >= 4 is 23.4 Å². The molecule has 0 bridgehead atoms. The molecule has 1 aliphatic rings. The van der Waals surface area contributed by atoms with Crippen LogP contribution in [0.5, 0.6) is 0 Å². The first kappa shape index (κ1) is 23.3. The summed E-state index contributed by atoms with van der Waals surface area (Å²) < 4.78 is 39.4. The van der Waals surface area contributed by atoms with Gasteiger partial charge >= 0.3 is 6.18 Å². The Morgan fingerprint density at radius 3 is 2.53 bits per heavy atom. The summed E-state index contributed by atoms with van der Waals surface area (Å²) in [4.78, 5) is 40.2. The van der Waals surface area contributed by atoms with Crippen LogP contribution >= 0.6 is 0 Å². The summed E-state index contributed by atoms with van der Waals surface area (Å²) in [5, 5.41) is 2.26. The number of likely N-dealkylation sites (N-methyl/N-ethyl adjacent to an activating group) is 1. The molecule has 2 aromatic rings. The summed E-state index contributed by atoms with van der Waals surface area (Å²) in [6.45, 7) is 2.57. The highest BCUT2D eigenvalue weighted by atomic mass is 19.4. The van der Waals surface area contributed by atoms with Crippen molar-refractivity contribution < 1.29 is 27.6 Å². The second kappa shape index (κ2) is 9.84. The number of amides is 3. The Hall–Kier alpha value is -3.36. The molecule has 0 aromatic heterocycles. The van der Waals surface area contributed by atoms with E-state index in [0.29, 0.717) is 25.1 Å². The van der Waals surface area contributed by atoms with Crippen molar-refractivity contribution in [1.29, 1.82) is 0 Å². The molecule has 0 spiro atoms. The molecule has 3 rings (SSSR count). The van der Waals surface area contributed by atoms with E-state index in [1.807, 2.05) is 6.07 Å². The van der Waals surface area contributed by atoms with E-state index in [-0.39, 0.29) is 18.1 Å². The van der Waals surface area contributed by atoms with Gasteiger partial charge in [0.15, 0.2) is 0 Å². The van der Waals surface area contributed by atoms with Crippen LogP contribution in [0.4, 0.5) is 18.9 Å². The fourth-order valence-corrected chi connectivity index (χ4v) is 3.61. The number of para-hydroxylation sites is 1. The molecular weight excluding hydrogens is 423 g/mol. The number of halogens is 3. The van der Waals surface area contributed by atoms with E-state index in [1.54, 1.807) is 30.0 Å². The summed E-state index contributed by atoms with van der Waals surface area (Å²) in [6.07, 6.45) is -3.27. The molecule has 2 aromatic carbocycles. The highest BCUT2D eigenvalue weighted by molar-refractivity contribution is 5.99.